The highest BCUT2D eigenvalue weighted by Gasteiger charge is 2.28. The van der Waals surface area contributed by atoms with E-state index in [2.05, 4.69) is 10.6 Å². The quantitative estimate of drug-likeness (QED) is 0.682. The van der Waals surface area contributed by atoms with Gasteiger partial charge in [-0.3, -0.25) is 0 Å². The molecule has 0 radical (unpaired) electrons. The van der Waals surface area contributed by atoms with E-state index in [-0.39, 0.29) is 17.6 Å². The first kappa shape index (κ1) is 12.6. The summed E-state index contributed by atoms with van der Waals surface area (Å²) in [7, 11) is 0. The molecule has 1 saturated heterocycles. The summed E-state index contributed by atoms with van der Waals surface area (Å²) >= 11 is 0. The lowest BCUT2D eigenvalue weighted by Gasteiger charge is -2.33. The molecule has 1 aliphatic heterocycles. The summed E-state index contributed by atoms with van der Waals surface area (Å²) in [5, 5.41) is 5.79. The lowest BCUT2D eigenvalue weighted by atomic mass is 9.82. The van der Waals surface area contributed by atoms with Crippen molar-refractivity contribution in [1.82, 2.24) is 10.6 Å². The van der Waals surface area contributed by atoms with Crippen LogP contribution in [0.15, 0.2) is 0 Å². The third-order valence-corrected chi connectivity index (χ3v) is 3.72. The van der Waals surface area contributed by atoms with E-state index in [1.807, 2.05) is 0 Å². The van der Waals surface area contributed by atoms with Crippen LogP contribution in [-0.2, 0) is 4.74 Å². The van der Waals surface area contributed by atoms with Gasteiger partial charge in [0.25, 0.3) is 0 Å². The summed E-state index contributed by atoms with van der Waals surface area (Å²) < 4.78 is 5.21. The van der Waals surface area contributed by atoms with Crippen molar-refractivity contribution in [3.63, 3.8) is 0 Å². The highest BCUT2D eigenvalue weighted by atomic mass is 16.5. The molecule has 17 heavy (non-hydrogen) atoms. The Bertz CT molecular complexity index is 258. The molecule has 5 nitrogen and oxygen atoms in total. The number of rotatable bonds is 3. The van der Waals surface area contributed by atoms with Gasteiger partial charge in [0.05, 0.1) is 12.6 Å². The second kappa shape index (κ2) is 5.69. The lowest BCUT2D eigenvalue weighted by Crippen LogP contribution is -2.54. The van der Waals surface area contributed by atoms with Gasteiger partial charge < -0.3 is 21.1 Å². The standard InChI is InChI=1S/C12H23N3O2/c13-12(5-2-1-3-6-12)9-14-11(16)15-10-4-7-17-8-10/h10H,1-9,13H2,(H2,14,15,16). The zero-order chi connectivity index (χ0) is 12.1. The van der Waals surface area contributed by atoms with Crippen LogP contribution in [0, 0.1) is 0 Å². The average molecular weight is 241 g/mol. The minimum atomic E-state index is -0.193. The van der Waals surface area contributed by atoms with Gasteiger partial charge in [0, 0.05) is 18.7 Å². The number of carbonyl (C=O) groups is 1. The van der Waals surface area contributed by atoms with Crippen molar-refractivity contribution in [2.24, 2.45) is 5.73 Å². The maximum Gasteiger partial charge on any atom is 0.315 e. The fourth-order valence-electron chi connectivity index (χ4n) is 2.57. The third kappa shape index (κ3) is 3.85. The SMILES string of the molecule is NC1(CNC(=O)NC2CCOC2)CCCCC1. The molecule has 1 atom stereocenters. The van der Waals surface area contributed by atoms with Crippen LogP contribution in [0.2, 0.25) is 0 Å². The molecule has 1 heterocycles. The van der Waals surface area contributed by atoms with E-state index in [0.717, 1.165) is 25.9 Å². The number of ether oxygens (including phenoxy) is 1. The average Bonchev–Trinajstić information content (AvgIpc) is 2.80. The van der Waals surface area contributed by atoms with Gasteiger partial charge in [0.15, 0.2) is 0 Å². The number of nitrogens with two attached hydrogens (primary N) is 1. The molecule has 0 aromatic carbocycles. The van der Waals surface area contributed by atoms with Gasteiger partial charge >= 0.3 is 6.03 Å². The van der Waals surface area contributed by atoms with Crippen molar-refractivity contribution in [3.8, 4) is 0 Å². The Hall–Kier alpha value is -0.810. The van der Waals surface area contributed by atoms with E-state index in [0.29, 0.717) is 13.2 Å². The van der Waals surface area contributed by atoms with Gasteiger partial charge in [0.1, 0.15) is 0 Å². The van der Waals surface area contributed by atoms with Gasteiger partial charge in [0.2, 0.25) is 0 Å². The van der Waals surface area contributed by atoms with Gasteiger partial charge in [-0.2, -0.15) is 0 Å². The minimum absolute atomic E-state index is 0.115. The molecular weight excluding hydrogens is 218 g/mol. The van der Waals surface area contributed by atoms with Crippen molar-refractivity contribution in [1.29, 1.82) is 0 Å². The summed E-state index contributed by atoms with van der Waals surface area (Å²) in [6.45, 7) is 1.94. The predicted octanol–water partition coefficient (Wildman–Crippen LogP) is 0.736. The molecule has 0 bridgehead atoms. The number of amides is 2. The van der Waals surface area contributed by atoms with Crippen LogP contribution in [0.1, 0.15) is 38.5 Å². The van der Waals surface area contributed by atoms with Crippen LogP contribution in [0.5, 0.6) is 0 Å². The summed E-state index contributed by atoms with van der Waals surface area (Å²) in [5.74, 6) is 0. The summed E-state index contributed by atoms with van der Waals surface area (Å²) in [6, 6.07) is 0.0472. The molecule has 5 heteroatoms. The molecule has 1 unspecified atom stereocenters. The Labute approximate surface area is 102 Å². The van der Waals surface area contributed by atoms with Crippen molar-refractivity contribution in [2.75, 3.05) is 19.8 Å². The number of nitrogens with one attached hydrogen (secondary N) is 2. The van der Waals surface area contributed by atoms with Crippen LogP contribution < -0.4 is 16.4 Å². The van der Waals surface area contributed by atoms with Crippen LogP contribution >= 0.6 is 0 Å². The van der Waals surface area contributed by atoms with E-state index < -0.39 is 0 Å². The Balaban J connectivity index is 1.67. The smallest absolute Gasteiger partial charge is 0.315 e. The van der Waals surface area contributed by atoms with Crippen LogP contribution in [0.25, 0.3) is 0 Å². The van der Waals surface area contributed by atoms with Crippen LogP contribution in [0.4, 0.5) is 4.79 Å². The molecule has 2 aliphatic rings. The van der Waals surface area contributed by atoms with Gasteiger partial charge in [-0.15, -0.1) is 0 Å². The molecule has 0 spiro atoms. The van der Waals surface area contributed by atoms with Gasteiger partial charge in [-0.1, -0.05) is 19.3 Å². The molecule has 2 rings (SSSR count). The normalized spacial score (nSPS) is 27.7. The van der Waals surface area contributed by atoms with Gasteiger partial charge in [-0.25, -0.2) is 4.79 Å². The monoisotopic (exact) mass is 241 g/mol. The van der Waals surface area contributed by atoms with Crippen molar-refractivity contribution in [3.05, 3.63) is 0 Å². The topological polar surface area (TPSA) is 76.4 Å². The Kier molecular flexibility index (Phi) is 4.23. The second-order valence-electron chi connectivity index (χ2n) is 5.31. The zero-order valence-corrected chi connectivity index (χ0v) is 10.3. The molecule has 2 fully saturated rings. The summed E-state index contributed by atoms with van der Waals surface area (Å²) in [5.41, 5.74) is 6.06. The van der Waals surface area contributed by atoms with Crippen molar-refractivity contribution in [2.45, 2.75) is 50.1 Å². The number of urea groups is 1. The van der Waals surface area contributed by atoms with E-state index in [9.17, 15) is 4.79 Å². The largest absolute Gasteiger partial charge is 0.379 e. The molecule has 0 aromatic heterocycles. The summed E-state index contributed by atoms with van der Waals surface area (Å²) in [4.78, 5) is 11.7. The fourth-order valence-corrected chi connectivity index (χ4v) is 2.57. The maximum absolute atomic E-state index is 11.7. The van der Waals surface area contributed by atoms with Crippen molar-refractivity contribution < 1.29 is 9.53 Å². The van der Waals surface area contributed by atoms with E-state index >= 15 is 0 Å². The third-order valence-electron chi connectivity index (χ3n) is 3.72. The predicted molar refractivity (Wildman–Crippen MR) is 65.8 cm³/mol. The first-order chi connectivity index (χ1) is 8.18. The molecular formula is C12H23N3O2. The van der Waals surface area contributed by atoms with E-state index in [4.69, 9.17) is 10.5 Å². The molecule has 2 amide bonds. The second-order valence-corrected chi connectivity index (χ2v) is 5.31. The molecule has 0 aromatic rings. The lowest BCUT2D eigenvalue weighted by molar-refractivity contribution is 0.188. The first-order valence-corrected chi connectivity index (χ1v) is 6.59. The summed E-state index contributed by atoms with van der Waals surface area (Å²) in [6.07, 6.45) is 6.55. The maximum atomic E-state index is 11.7. The molecule has 1 aliphatic carbocycles. The highest BCUT2D eigenvalue weighted by Crippen LogP contribution is 2.24. The first-order valence-electron chi connectivity index (χ1n) is 6.59. The van der Waals surface area contributed by atoms with E-state index in [1.165, 1.54) is 19.3 Å². The molecule has 98 valence electrons. The number of hydrogen-bond donors (Lipinski definition) is 3. The van der Waals surface area contributed by atoms with Crippen LogP contribution in [-0.4, -0.2) is 37.4 Å². The zero-order valence-electron chi connectivity index (χ0n) is 10.3. The van der Waals surface area contributed by atoms with Crippen LogP contribution in [0.3, 0.4) is 0 Å². The Morgan fingerprint density at radius 3 is 2.76 bits per heavy atom. The minimum Gasteiger partial charge on any atom is -0.379 e. The Morgan fingerprint density at radius 2 is 2.12 bits per heavy atom. The fraction of sp³-hybridized carbons (Fsp3) is 0.917. The van der Waals surface area contributed by atoms with Crippen molar-refractivity contribution >= 4 is 6.03 Å². The van der Waals surface area contributed by atoms with E-state index in [1.54, 1.807) is 0 Å². The molecule has 1 saturated carbocycles. The Morgan fingerprint density at radius 1 is 1.35 bits per heavy atom. The number of hydrogen-bond acceptors (Lipinski definition) is 3. The molecule has 4 N–H and O–H groups in total. The highest BCUT2D eigenvalue weighted by molar-refractivity contribution is 5.74. The van der Waals surface area contributed by atoms with Gasteiger partial charge in [-0.05, 0) is 19.3 Å². The number of carbonyl (C=O) groups excluding carboxylic acids is 1.